The molecule has 0 saturated heterocycles. The average molecular weight is 557 g/mol. The first-order chi connectivity index (χ1) is 19.5. The normalized spacial score (nSPS) is 10.8. The van der Waals surface area contributed by atoms with E-state index in [-0.39, 0.29) is 79.3 Å². The van der Waals surface area contributed by atoms with Gasteiger partial charge in [0, 0.05) is 30.3 Å². The van der Waals surface area contributed by atoms with Crippen LogP contribution in [0.2, 0.25) is 0 Å². The second-order valence-corrected chi connectivity index (χ2v) is 8.90. The minimum absolute atomic E-state index is 0.00775. The topological polar surface area (TPSA) is 203 Å². The van der Waals surface area contributed by atoms with Crippen LogP contribution in [-0.4, -0.2) is 40.9 Å². The van der Waals surface area contributed by atoms with Crippen LogP contribution in [0, 0.1) is 0 Å². The van der Waals surface area contributed by atoms with Crippen molar-refractivity contribution in [1.29, 1.82) is 0 Å². The molecule has 0 radical (unpaired) electrons. The molecule has 0 aliphatic carbocycles. The number of aromatic hydroxyl groups is 8. The Balaban J connectivity index is 0.000000165. The Morgan fingerprint density at radius 1 is 0.561 bits per heavy atom. The first-order valence-electron chi connectivity index (χ1n) is 11.8. The molecule has 11 heteroatoms. The van der Waals surface area contributed by atoms with Gasteiger partial charge in [0.1, 0.15) is 51.4 Å². The quantitative estimate of drug-likeness (QED) is 0.0988. The zero-order valence-corrected chi connectivity index (χ0v) is 20.8. The van der Waals surface area contributed by atoms with Crippen molar-refractivity contribution in [2.24, 2.45) is 0 Å². The average Bonchev–Trinajstić information content (AvgIpc) is 2.91. The smallest absolute Gasteiger partial charge is 0.402 e. The highest BCUT2D eigenvalue weighted by atomic mass is 16.4. The Morgan fingerprint density at radius 3 is 1.93 bits per heavy atom. The number of hydrogen-bond donors (Lipinski definition) is 8. The maximum Gasteiger partial charge on any atom is 0.402 e. The summed E-state index contributed by atoms with van der Waals surface area (Å²) >= 11 is 0. The monoisotopic (exact) mass is 557 g/mol. The second-order valence-electron chi connectivity index (χ2n) is 8.90. The predicted octanol–water partition coefficient (Wildman–Crippen LogP) is 5.49. The van der Waals surface area contributed by atoms with E-state index in [1.54, 1.807) is 12.1 Å². The van der Waals surface area contributed by atoms with Gasteiger partial charge in [-0.3, -0.25) is 4.79 Å². The molecule has 11 nitrogen and oxygen atoms in total. The lowest BCUT2D eigenvalue weighted by molar-refractivity contribution is 0.403. The van der Waals surface area contributed by atoms with E-state index in [2.05, 4.69) is 0 Å². The zero-order chi connectivity index (χ0) is 29.4. The van der Waals surface area contributed by atoms with Gasteiger partial charge in [0.2, 0.25) is 11.2 Å². The van der Waals surface area contributed by atoms with E-state index in [0.717, 1.165) is 12.1 Å². The molecule has 8 N–H and O–H groups in total. The van der Waals surface area contributed by atoms with Crippen molar-refractivity contribution >= 4 is 21.9 Å². The molecular weight excluding hydrogens is 536 g/mol. The molecule has 0 spiro atoms. The fourth-order valence-corrected chi connectivity index (χ4v) is 4.12. The lowest BCUT2D eigenvalue weighted by Crippen LogP contribution is -2.04. The maximum atomic E-state index is 12.4. The molecule has 0 atom stereocenters. The molecule has 6 rings (SSSR count). The van der Waals surface area contributed by atoms with Gasteiger partial charge < -0.3 is 45.3 Å². The van der Waals surface area contributed by atoms with E-state index in [1.165, 1.54) is 54.8 Å². The molecule has 4 aromatic carbocycles. The third-order valence-electron chi connectivity index (χ3n) is 6.09. The van der Waals surface area contributed by atoms with Gasteiger partial charge in [0.15, 0.2) is 11.5 Å². The van der Waals surface area contributed by atoms with E-state index < -0.39 is 5.43 Å². The largest absolute Gasteiger partial charge is 0.508 e. The number of phenolic OH excluding ortho intramolecular Hbond substituents is 7. The Labute approximate surface area is 229 Å². The van der Waals surface area contributed by atoms with Crippen LogP contribution in [0.3, 0.4) is 0 Å². The summed E-state index contributed by atoms with van der Waals surface area (Å²) in [6.07, 6.45) is 1.26. The summed E-state index contributed by atoms with van der Waals surface area (Å²) in [6, 6.07) is 16.0. The van der Waals surface area contributed by atoms with Gasteiger partial charge in [0.25, 0.3) is 0 Å². The minimum atomic E-state index is -0.408. The molecule has 41 heavy (non-hydrogen) atoms. The van der Waals surface area contributed by atoms with Crippen molar-refractivity contribution in [2.45, 2.75) is 0 Å². The number of hydrogen-bond acceptors (Lipinski definition) is 10. The van der Waals surface area contributed by atoms with Gasteiger partial charge in [-0.2, -0.15) is 0 Å². The van der Waals surface area contributed by atoms with Crippen molar-refractivity contribution in [3.05, 3.63) is 89.3 Å². The molecule has 0 fully saturated rings. The summed E-state index contributed by atoms with van der Waals surface area (Å²) in [5, 5.41) is 76.6. The minimum Gasteiger partial charge on any atom is -0.508 e. The molecule has 2 aromatic heterocycles. The standard InChI is InChI=1S/C15H10O6.C15H10O5/c16-8-4-11(18)9-6-13(20)15(21-14(9)5-8)7-1-2-10(17)12(19)3-7;16-9-3-1-8(2-4-9)11-7-20-13-6-10(17)5-12(18)14(13)15(11)19/h1-6H,(H4-,16,17,18,19,20);1-7,16-18H/p+1. The molecule has 0 unspecified atom stereocenters. The van der Waals surface area contributed by atoms with Crippen molar-refractivity contribution < 1.29 is 49.7 Å². The first kappa shape index (κ1) is 26.5. The number of benzene rings is 4. The molecule has 0 bridgehead atoms. The van der Waals surface area contributed by atoms with Crippen LogP contribution in [0.5, 0.6) is 46.0 Å². The number of rotatable bonds is 2. The zero-order valence-electron chi connectivity index (χ0n) is 20.8. The van der Waals surface area contributed by atoms with E-state index in [9.17, 15) is 45.6 Å². The van der Waals surface area contributed by atoms with Crippen LogP contribution in [0.4, 0.5) is 0 Å². The molecule has 6 aromatic rings. The predicted molar refractivity (Wildman–Crippen MR) is 147 cm³/mol. The second kappa shape index (κ2) is 10.2. The summed E-state index contributed by atoms with van der Waals surface area (Å²) in [6.45, 7) is 0. The van der Waals surface area contributed by atoms with Crippen molar-refractivity contribution in [1.82, 2.24) is 0 Å². The van der Waals surface area contributed by atoms with Gasteiger partial charge in [-0.25, -0.2) is 4.42 Å². The van der Waals surface area contributed by atoms with E-state index in [0.29, 0.717) is 11.1 Å². The summed E-state index contributed by atoms with van der Waals surface area (Å²) in [7, 11) is 0. The van der Waals surface area contributed by atoms with Crippen molar-refractivity contribution in [3.8, 4) is 68.4 Å². The Kier molecular flexibility index (Phi) is 6.61. The van der Waals surface area contributed by atoms with E-state index in [4.69, 9.17) is 8.83 Å². The SMILES string of the molecule is O=c1c(-c2ccc(O)cc2)coc2cc(O)cc(O)c12.Oc1cc(O)c2cc(O)c(-c3ccc(O)c(O)c3)[o+]c2c1. The lowest BCUT2D eigenvalue weighted by Gasteiger charge is -2.05. The fraction of sp³-hybridized carbons (Fsp3) is 0. The molecule has 0 amide bonds. The van der Waals surface area contributed by atoms with E-state index in [1.807, 2.05) is 0 Å². The highest BCUT2D eigenvalue weighted by molar-refractivity contribution is 5.89. The Hall–Kier alpha value is -6.10. The highest BCUT2D eigenvalue weighted by Gasteiger charge is 2.24. The van der Waals surface area contributed by atoms with Gasteiger partial charge in [-0.05, 0) is 29.8 Å². The van der Waals surface area contributed by atoms with Crippen LogP contribution in [0.25, 0.3) is 44.4 Å². The fourth-order valence-electron chi connectivity index (χ4n) is 4.12. The third kappa shape index (κ3) is 5.14. The summed E-state index contributed by atoms with van der Waals surface area (Å²) < 4.78 is 10.8. The van der Waals surface area contributed by atoms with Crippen LogP contribution >= 0.6 is 0 Å². The van der Waals surface area contributed by atoms with Crippen LogP contribution in [0.1, 0.15) is 0 Å². The maximum absolute atomic E-state index is 12.4. The molecule has 206 valence electrons. The number of phenols is 7. The Morgan fingerprint density at radius 2 is 1.22 bits per heavy atom. The Bertz CT molecular complexity index is 1990. The van der Waals surface area contributed by atoms with Gasteiger partial charge in [-0.15, -0.1) is 0 Å². The summed E-state index contributed by atoms with van der Waals surface area (Å²) in [4.78, 5) is 12.4. The van der Waals surface area contributed by atoms with Gasteiger partial charge >= 0.3 is 11.3 Å². The summed E-state index contributed by atoms with van der Waals surface area (Å²) in [5.74, 6) is -1.73. The van der Waals surface area contributed by atoms with Crippen molar-refractivity contribution in [3.63, 3.8) is 0 Å². The van der Waals surface area contributed by atoms with Crippen LogP contribution in [-0.2, 0) is 0 Å². The third-order valence-corrected chi connectivity index (χ3v) is 6.09. The van der Waals surface area contributed by atoms with Crippen molar-refractivity contribution in [2.75, 3.05) is 0 Å². The lowest BCUT2D eigenvalue weighted by atomic mass is 10.0. The molecule has 2 heterocycles. The van der Waals surface area contributed by atoms with Gasteiger partial charge in [0.05, 0.1) is 17.2 Å². The molecular formula is C30H21O11+. The van der Waals surface area contributed by atoms with Crippen LogP contribution in [0.15, 0.2) is 92.7 Å². The molecule has 0 saturated carbocycles. The molecule has 0 aliphatic rings. The van der Waals surface area contributed by atoms with E-state index >= 15 is 0 Å². The van der Waals surface area contributed by atoms with Gasteiger partial charge in [-0.1, -0.05) is 12.1 Å². The number of fused-ring (bicyclic) bond motifs is 2. The highest BCUT2D eigenvalue weighted by Crippen LogP contribution is 2.40. The first-order valence-corrected chi connectivity index (χ1v) is 11.8. The van der Waals surface area contributed by atoms with Crippen LogP contribution < -0.4 is 5.43 Å². The summed E-state index contributed by atoms with van der Waals surface area (Å²) in [5.41, 5.74) is 1.01. The molecule has 0 aliphatic heterocycles.